The molecule has 0 aliphatic rings. The van der Waals surface area contributed by atoms with Gasteiger partial charge in [-0.1, -0.05) is 6.08 Å². The van der Waals surface area contributed by atoms with E-state index in [1.54, 1.807) is 6.08 Å². The van der Waals surface area contributed by atoms with Crippen molar-refractivity contribution in [1.82, 2.24) is 0 Å². The smallest absolute Gasteiger partial charge is 0.320 e. The molecular weight excluding hydrogens is 174 g/mol. The van der Waals surface area contributed by atoms with Gasteiger partial charge in [0.2, 0.25) is 0 Å². The molecule has 0 unspecified atom stereocenters. The van der Waals surface area contributed by atoms with Crippen LogP contribution in [0.4, 0.5) is 0 Å². The monoisotopic (exact) mass is 189 g/mol. The summed E-state index contributed by atoms with van der Waals surface area (Å²) >= 11 is 0. The summed E-state index contributed by atoms with van der Waals surface area (Å²) < 4.78 is 0. The summed E-state index contributed by atoms with van der Waals surface area (Å²) in [5.41, 5.74) is 5.00. The Bertz CT molecular complexity index is 179. The molecule has 0 aliphatic carbocycles. The molecule has 0 saturated carbocycles. The third kappa shape index (κ3) is 13.6. The molecular formula is C8H15NO4. The average molecular weight is 189 g/mol. The Morgan fingerprint density at radius 2 is 1.92 bits per heavy atom. The number of carboxylic acids is 2. The van der Waals surface area contributed by atoms with Crippen LogP contribution in [0.1, 0.15) is 19.8 Å². The van der Waals surface area contributed by atoms with Crippen LogP contribution in [0.15, 0.2) is 12.7 Å². The maximum absolute atomic E-state index is 9.99. The Balaban J connectivity index is 0. The van der Waals surface area contributed by atoms with E-state index in [2.05, 4.69) is 6.58 Å². The summed E-state index contributed by atoms with van der Waals surface area (Å²) in [7, 11) is 0. The van der Waals surface area contributed by atoms with E-state index in [4.69, 9.17) is 15.9 Å². The average Bonchev–Trinajstić information content (AvgIpc) is 2.01. The lowest BCUT2D eigenvalue weighted by atomic mass is 10.2. The molecule has 0 aliphatic heterocycles. The van der Waals surface area contributed by atoms with Crippen LogP contribution in [-0.4, -0.2) is 28.2 Å². The lowest BCUT2D eigenvalue weighted by Gasteiger charge is -2.01. The predicted octanol–water partition coefficient (Wildman–Crippen LogP) is 0.455. The first kappa shape index (κ1) is 14.2. The van der Waals surface area contributed by atoms with Gasteiger partial charge in [-0.25, -0.2) is 0 Å². The number of carboxylic acid groups (broad SMARTS) is 2. The van der Waals surface area contributed by atoms with E-state index in [-0.39, 0.29) is 12.8 Å². The summed E-state index contributed by atoms with van der Waals surface area (Å²) in [6.07, 6.45) is 1.53. The van der Waals surface area contributed by atoms with E-state index >= 15 is 0 Å². The van der Waals surface area contributed by atoms with Crippen molar-refractivity contribution in [1.29, 1.82) is 0 Å². The molecule has 0 saturated heterocycles. The van der Waals surface area contributed by atoms with Gasteiger partial charge in [0, 0.05) is 6.42 Å². The summed E-state index contributed by atoms with van der Waals surface area (Å²) in [5.74, 6) is -2.20. The van der Waals surface area contributed by atoms with E-state index in [0.717, 1.165) is 0 Å². The number of nitrogens with two attached hydrogens (primary N) is 1. The minimum absolute atomic E-state index is 0.0231. The molecule has 0 rings (SSSR count). The van der Waals surface area contributed by atoms with E-state index in [9.17, 15) is 9.59 Å². The molecule has 0 aromatic heterocycles. The van der Waals surface area contributed by atoms with Crippen molar-refractivity contribution < 1.29 is 19.8 Å². The maximum Gasteiger partial charge on any atom is 0.320 e. The van der Waals surface area contributed by atoms with E-state index in [1.165, 1.54) is 0 Å². The molecule has 4 N–H and O–H groups in total. The third-order valence-electron chi connectivity index (χ3n) is 0.986. The van der Waals surface area contributed by atoms with Gasteiger partial charge in [0.15, 0.2) is 0 Å². The van der Waals surface area contributed by atoms with Crippen molar-refractivity contribution in [3.05, 3.63) is 12.7 Å². The summed E-state index contributed by atoms with van der Waals surface area (Å²) in [5, 5.41) is 16.3. The highest BCUT2D eigenvalue weighted by Crippen LogP contribution is 1.93. The number of hydrogen-bond donors (Lipinski definition) is 3. The van der Waals surface area contributed by atoms with Gasteiger partial charge in [0.25, 0.3) is 0 Å². The fourth-order valence-electron chi connectivity index (χ4n) is 0.402. The first-order chi connectivity index (χ1) is 5.95. The molecule has 76 valence electrons. The molecule has 0 radical (unpaired) electrons. The van der Waals surface area contributed by atoms with Crippen molar-refractivity contribution in [2.75, 3.05) is 0 Å². The van der Waals surface area contributed by atoms with Crippen LogP contribution in [0, 0.1) is 0 Å². The topological polar surface area (TPSA) is 101 Å². The zero-order valence-electron chi connectivity index (χ0n) is 7.56. The van der Waals surface area contributed by atoms with Crippen molar-refractivity contribution in [2.24, 2.45) is 5.73 Å². The SMILES string of the molecule is C=CC.N[C@@H](CCC(=O)O)C(=O)O. The molecule has 0 aromatic carbocycles. The Hall–Kier alpha value is -1.36. The first-order valence-corrected chi connectivity index (χ1v) is 3.72. The lowest BCUT2D eigenvalue weighted by Crippen LogP contribution is -2.30. The van der Waals surface area contributed by atoms with Crippen molar-refractivity contribution >= 4 is 11.9 Å². The Labute approximate surface area is 76.9 Å². The fourth-order valence-corrected chi connectivity index (χ4v) is 0.402. The molecule has 5 nitrogen and oxygen atoms in total. The van der Waals surface area contributed by atoms with E-state index in [1.807, 2.05) is 6.92 Å². The van der Waals surface area contributed by atoms with Crippen LogP contribution in [0.3, 0.4) is 0 Å². The molecule has 0 heterocycles. The molecule has 0 spiro atoms. The molecule has 1 atom stereocenters. The predicted molar refractivity (Wildman–Crippen MR) is 48.4 cm³/mol. The fraction of sp³-hybridized carbons (Fsp3) is 0.500. The molecule has 0 amide bonds. The molecule has 0 fully saturated rings. The second kappa shape index (κ2) is 8.73. The minimum atomic E-state index is -1.17. The van der Waals surface area contributed by atoms with Gasteiger partial charge in [0.05, 0.1) is 0 Å². The number of hydrogen-bond acceptors (Lipinski definition) is 3. The highest BCUT2D eigenvalue weighted by molar-refractivity contribution is 5.74. The number of carbonyl (C=O) groups is 2. The van der Waals surface area contributed by atoms with Gasteiger partial charge in [0.1, 0.15) is 6.04 Å². The van der Waals surface area contributed by atoms with E-state index < -0.39 is 18.0 Å². The first-order valence-electron chi connectivity index (χ1n) is 3.72. The van der Waals surface area contributed by atoms with Crippen LogP contribution in [0.25, 0.3) is 0 Å². The lowest BCUT2D eigenvalue weighted by molar-refractivity contribution is -0.139. The quantitative estimate of drug-likeness (QED) is 0.557. The zero-order chi connectivity index (χ0) is 10.9. The standard InChI is InChI=1S/C5H9NO4.C3H6/c6-3(5(9)10)1-2-4(7)8;1-3-2/h3H,1-2,6H2,(H,7,8)(H,9,10);3H,1H2,2H3/t3-;/m0./s1. The Kier molecular flexibility index (Phi) is 9.53. The van der Waals surface area contributed by atoms with Gasteiger partial charge in [-0.15, -0.1) is 6.58 Å². The van der Waals surface area contributed by atoms with Gasteiger partial charge < -0.3 is 15.9 Å². The minimum Gasteiger partial charge on any atom is -0.481 e. The van der Waals surface area contributed by atoms with E-state index in [0.29, 0.717) is 0 Å². The Morgan fingerprint density at radius 1 is 1.54 bits per heavy atom. The normalized spacial score (nSPS) is 10.6. The summed E-state index contributed by atoms with van der Waals surface area (Å²) in [4.78, 5) is 19.9. The second-order valence-corrected chi connectivity index (χ2v) is 2.29. The van der Waals surface area contributed by atoms with Gasteiger partial charge in [-0.3, -0.25) is 9.59 Å². The van der Waals surface area contributed by atoms with Crippen LogP contribution < -0.4 is 5.73 Å². The molecule has 0 aromatic rings. The van der Waals surface area contributed by atoms with Crippen molar-refractivity contribution in [3.63, 3.8) is 0 Å². The van der Waals surface area contributed by atoms with Crippen LogP contribution in [-0.2, 0) is 9.59 Å². The number of rotatable bonds is 4. The largest absolute Gasteiger partial charge is 0.481 e. The van der Waals surface area contributed by atoms with Gasteiger partial charge >= 0.3 is 11.9 Å². The third-order valence-corrected chi connectivity index (χ3v) is 0.986. The summed E-state index contributed by atoms with van der Waals surface area (Å²) in [6.45, 7) is 5.25. The number of allylic oxidation sites excluding steroid dienone is 1. The van der Waals surface area contributed by atoms with Gasteiger partial charge in [-0.05, 0) is 13.3 Å². The summed E-state index contributed by atoms with van der Waals surface area (Å²) in [6, 6.07) is -1.06. The molecule has 0 bridgehead atoms. The van der Waals surface area contributed by atoms with Crippen molar-refractivity contribution in [3.8, 4) is 0 Å². The highest BCUT2D eigenvalue weighted by atomic mass is 16.4. The Morgan fingerprint density at radius 3 is 2.15 bits per heavy atom. The highest BCUT2D eigenvalue weighted by Gasteiger charge is 2.12. The van der Waals surface area contributed by atoms with Crippen LogP contribution in [0.5, 0.6) is 0 Å². The van der Waals surface area contributed by atoms with Crippen molar-refractivity contribution in [2.45, 2.75) is 25.8 Å². The molecule has 13 heavy (non-hydrogen) atoms. The number of aliphatic carboxylic acids is 2. The maximum atomic E-state index is 9.99. The van der Waals surface area contributed by atoms with Gasteiger partial charge in [-0.2, -0.15) is 0 Å². The zero-order valence-corrected chi connectivity index (χ0v) is 7.56. The second-order valence-electron chi connectivity index (χ2n) is 2.29. The molecule has 5 heteroatoms. The van der Waals surface area contributed by atoms with Crippen LogP contribution >= 0.6 is 0 Å². The van der Waals surface area contributed by atoms with Crippen LogP contribution in [0.2, 0.25) is 0 Å².